The summed E-state index contributed by atoms with van der Waals surface area (Å²) < 4.78 is 4.72. The molecule has 1 saturated heterocycles. The minimum absolute atomic E-state index is 0.168. The number of ether oxygens (including phenoxy) is 1. The Hall–Kier alpha value is -2.67. The molecule has 1 aromatic heterocycles. The van der Waals surface area contributed by atoms with E-state index in [-0.39, 0.29) is 12.0 Å². The standard InChI is InChI=1S/C18H22N4O3/c1-25-18(24)22-12-10-21(11-13-22)9-8-19-17(23)16-7-6-14-4-2-3-5-15(14)20-16/h2-7H,8-13H2,1H3,(H,19,23). The molecule has 0 bridgehead atoms. The van der Waals surface area contributed by atoms with Gasteiger partial charge in [0.2, 0.25) is 0 Å². The fraction of sp³-hybridized carbons (Fsp3) is 0.389. The second-order valence-electron chi connectivity index (χ2n) is 5.94. The van der Waals surface area contributed by atoms with E-state index in [9.17, 15) is 9.59 Å². The molecule has 132 valence electrons. The van der Waals surface area contributed by atoms with E-state index in [1.807, 2.05) is 30.3 Å². The van der Waals surface area contributed by atoms with E-state index >= 15 is 0 Å². The smallest absolute Gasteiger partial charge is 0.409 e. The SMILES string of the molecule is COC(=O)N1CCN(CCNC(=O)c2ccc3ccccc3n2)CC1. The second kappa shape index (κ2) is 7.94. The Labute approximate surface area is 146 Å². The van der Waals surface area contributed by atoms with E-state index in [1.54, 1.807) is 11.0 Å². The first-order chi connectivity index (χ1) is 12.2. The van der Waals surface area contributed by atoms with E-state index in [1.165, 1.54) is 7.11 Å². The van der Waals surface area contributed by atoms with Gasteiger partial charge in [-0.25, -0.2) is 9.78 Å². The van der Waals surface area contributed by atoms with Crippen LogP contribution >= 0.6 is 0 Å². The van der Waals surface area contributed by atoms with E-state index in [4.69, 9.17) is 4.74 Å². The molecule has 7 nitrogen and oxygen atoms in total. The third-order valence-corrected chi connectivity index (χ3v) is 4.35. The quantitative estimate of drug-likeness (QED) is 0.908. The number of methoxy groups -OCH3 is 1. The number of nitrogens with zero attached hydrogens (tertiary/aromatic N) is 3. The third-order valence-electron chi connectivity index (χ3n) is 4.35. The molecule has 1 fully saturated rings. The summed E-state index contributed by atoms with van der Waals surface area (Å²) in [4.78, 5) is 32.0. The minimum atomic E-state index is -0.282. The molecule has 25 heavy (non-hydrogen) atoms. The van der Waals surface area contributed by atoms with Crippen LogP contribution in [0.4, 0.5) is 4.79 Å². The van der Waals surface area contributed by atoms with Crippen LogP contribution in [0.5, 0.6) is 0 Å². The first-order valence-corrected chi connectivity index (χ1v) is 8.36. The number of carbonyl (C=O) groups excluding carboxylic acids is 2. The van der Waals surface area contributed by atoms with Crippen molar-refractivity contribution in [3.05, 3.63) is 42.1 Å². The molecule has 2 heterocycles. The fourth-order valence-electron chi connectivity index (χ4n) is 2.89. The highest BCUT2D eigenvalue weighted by Gasteiger charge is 2.21. The summed E-state index contributed by atoms with van der Waals surface area (Å²) in [5.74, 6) is -0.168. The van der Waals surface area contributed by atoms with Crippen molar-refractivity contribution in [3.8, 4) is 0 Å². The lowest BCUT2D eigenvalue weighted by molar-refractivity contribution is 0.0883. The minimum Gasteiger partial charge on any atom is -0.453 e. The zero-order valence-electron chi connectivity index (χ0n) is 14.3. The third kappa shape index (κ3) is 4.24. The zero-order valence-corrected chi connectivity index (χ0v) is 14.3. The number of aromatic nitrogens is 1. The molecule has 3 rings (SSSR count). The highest BCUT2D eigenvalue weighted by Crippen LogP contribution is 2.11. The molecule has 2 amide bonds. The van der Waals surface area contributed by atoms with Crippen LogP contribution in [0.3, 0.4) is 0 Å². The molecule has 0 atom stereocenters. The summed E-state index contributed by atoms with van der Waals surface area (Å²) in [6.07, 6.45) is -0.282. The summed E-state index contributed by atoms with van der Waals surface area (Å²) in [7, 11) is 1.39. The summed E-state index contributed by atoms with van der Waals surface area (Å²) in [5.41, 5.74) is 1.24. The van der Waals surface area contributed by atoms with Crippen LogP contribution in [0.1, 0.15) is 10.5 Å². The van der Waals surface area contributed by atoms with Gasteiger partial charge < -0.3 is 15.0 Å². The van der Waals surface area contributed by atoms with Gasteiger partial charge in [0.1, 0.15) is 5.69 Å². The highest BCUT2D eigenvalue weighted by molar-refractivity contribution is 5.94. The zero-order chi connectivity index (χ0) is 17.6. The van der Waals surface area contributed by atoms with Gasteiger partial charge in [-0.2, -0.15) is 0 Å². The van der Waals surface area contributed by atoms with Crippen molar-refractivity contribution in [3.63, 3.8) is 0 Å². The number of carbonyl (C=O) groups is 2. The molecule has 0 unspecified atom stereocenters. The lowest BCUT2D eigenvalue weighted by Crippen LogP contribution is -2.50. The molecular formula is C18H22N4O3. The van der Waals surface area contributed by atoms with Gasteiger partial charge in [-0.05, 0) is 12.1 Å². The Morgan fingerprint density at radius 3 is 2.64 bits per heavy atom. The van der Waals surface area contributed by atoms with E-state index in [0.717, 1.165) is 30.5 Å². The number of piperazine rings is 1. The predicted molar refractivity (Wildman–Crippen MR) is 94.5 cm³/mol. The largest absolute Gasteiger partial charge is 0.453 e. The van der Waals surface area contributed by atoms with Gasteiger partial charge in [-0.15, -0.1) is 0 Å². The number of amides is 2. The number of para-hydroxylation sites is 1. The molecule has 0 aliphatic carbocycles. The van der Waals surface area contributed by atoms with Crippen LogP contribution in [0.2, 0.25) is 0 Å². The van der Waals surface area contributed by atoms with Crippen LogP contribution in [-0.4, -0.2) is 73.2 Å². The van der Waals surface area contributed by atoms with Crippen LogP contribution in [0.25, 0.3) is 10.9 Å². The van der Waals surface area contributed by atoms with Crippen molar-refractivity contribution >= 4 is 22.9 Å². The van der Waals surface area contributed by atoms with E-state index in [2.05, 4.69) is 15.2 Å². The average Bonchev–Trinajstić information content (AvgIpc) is 2.67. The normalized spacial score (nSPS) is 15.2. The molecule has 7 heteroatoms. The number of benzene rings is 1. The van der Waals surface area contributed by atoms with Crippen LogP contribution in [0, 0.1) is 0 Å². The second-order valence-corrected chi connectivity index (χ2v) is 5.94. The van der Waals surface area contributed by atoms with Crippen molar-refractivity contribution in [2.75, 3.05) is 46.4 Å². The average molecular weight is 342 g/mol. The molecule has 1 aliphatic heterocycles. The van der Waals surface area contributed by atoms with Gasteiger partial charge in [-0.1, -0.05) is 24.3 Å². The van der Waals surface area contributed by atoms with Gasteiger partial charge in [-0.3, -0.25) is 9.69 Å². The number of hydrogen-bond donors (Lipinski definition) is 1. The van der Waals surface area contributed by atoms with Gasteiger partial charge in [0.25, 0.3) is 5.91 Å². The maximum absolute atomic E-state index is 12.2. The maximum Gasteiger partial charge on any atom is 0.409 e. The first-order valence-electron chi connectivity index (χ1n) is 8.36. The summed E-state index contributed by atoms with van der Waals surface area (Å²) in [6.45, 7) is 4.14. The van der Waals surface area contributed by atoms with Gasteiger partial charge in [0.05, 0.1) is 12.6 Å². The molecular weight excluding hydrogens is 320 g/mol. The Morgan fingerprint density at radius 1 is 1.12 bits per heavy atom. The highest BCUT2D eigenvalue weighted by atomic mass is 16.5. The molecule has 2 aromatic rings. The van der Waals surface area contributed by atoms with Crippen LogP contribution < -0.4 is 5.32 Å². The van der Waals surface area contributed by atoms with Crippen LogP contribution in [0.15, 0.2) is 36.4 Å². The molecule has 1 N–H and O–H groups in total. The molecule has 1 aromatic carbocycles. The van der Waals surface area contributed by atoms with Gasteiger partial charge >= 0.3 is 6.09 Å². The lowest BCUT2D eigenvalue weighted by atomic mass is 10.2. The number of hydrogen-bond acceptors (Lipinski definition) is 5. The van der Waals surface area contributed by atoms with Crippen molar-refractivity contribution in [1.29, 1.82) is 0 Å². The first kappa shape index (κ1) is 17.2. The Kier molecular flexibility index (Phi) is 5.45. The van der Waals surface area contributed by atoms with Gasteiger partial charge in [0, 0.05) is 44.7 Å². The Bertz CT molecular complexity index is 757. The topological polar surface area (TPSA) is 74.8 Å². The summed E-state index contributed by atoms with van der Waals surface area (Å²) >= 11 is 0. The number of nitrogens with one attached hydrogen (secondary N) is 1. The van der Waals surface area contributed by atoms with Crippen molar-refractivity contribution in [1.82, 2.24) is 20.1 Å². The molecule has 0 saturated carbocycles. The number of fused-ring (bicyclic) bond motifs is 1. The predicted octanol–water partition coefficient (Wildman–Crippen LogP) is 1.35. The van der Waals surface area contributed by atoms with E-state index < -0.39 is 0 Å². The maximum atomic E-state index is 12.2. The monoisotopic (exact) mass is 342 g/mol. The molecule has 0 spiro atoms. The summed E-state index contributed by atoms with van der Waals surface area (Å²) in [6, 6.07) is 11.4. The number of pyridine rings is 1. The van der Waals surface area contributed by atoms with Crippen molar-refractivity contribution in [2.24, 2.45) is 0 Å². The fourth-order valence-corrected chi connectivity index (χ4v) is 2.89. The van der Waals surface area contributed by atoms with Crippen molar-refractivity contribution in [2.45, 2.75) is 0 Å². The lowest BCUT2D eigenvalue weighted by Gasteiger charge is -2.33. The number of rotatable bonds is 4. The van der Waals surface area contributed by atoms with Crippen molar-refractivity contribution < 1.29 is 14.3 Å². The van der Waals surface area contributed by atoms with Crippen LogP contribution in [-0.2, 0) is 4.74 Å². The van der Waals surface area contributed by atoms with E-state index in [0.29, 0.717) is 25.3 Å². The van der Waals surface area contributed by atoms with Gasteiger partial charge in [0.15, 0.2) is 0 Å². The Balaban J connectivity index is 1.45. The Morgan fingerprint density at radius 2 is 1.88 bits per heavy atom. The molecule has 1 aliphatic rings. The summed E-state index contributed by atoms with van der Waals surface area (Å²) in [5, 5.41) is 3.92. The molecule has 0 radical (unpaired) electrons.